The molecular formula is C20H22N4O. The summed E-state index contributed by atoms with van der Waals surface area (Å²) in [6, 6.07) is 9.80. The van der Waals surface area contributed by atoms with Gasteiger partial charge in [0, 0.05) is 50.0 Å². The highest BCUT2D eigenvalue weighted by molar-refractivity contribution is 5.92. The number of fused-ring (bicyclic) bond motifs is 1. The van der Waals surface area contributed by atoms with Crippen molar-refractivity contribution < 1.29 is 4.79 Å². The van der Waals surface area contributed by atoms with E-state index in [4.69, 9.17) is 5.73 Å². The second-order valence-electron chi connectivity index (χ2n) is 6.28. The first kappa shape index (κ1) is 16.8. The molecule has 0 atom stereocenters. The van der Waals surface area contributed by atoms with Crippen LogP contribution in [0.4, 0.5) is 5.82 Å². The van der Waals surface area contributed by atoms with E-state index in [1.54, 1.807) is 29.3 Å². The maximum absolute atomic E-state index is 12.4. The Bertz CT molecular complexity index is 938. The van der Waals surface area contributed by atoms with Crippen LogP contribution in [-0.4, -0.2) is 27.4 Å². The predicted octanol–water partition coefficient (Wildman–Crippen LogP) is 3.14. The molecule has 2 heterocycles. The number of anilines is 1. The maximum atomic E-state index is 12.4. The Morgan fingerprint density at radius 2 is 2.12 bits per heavy atom. The minimum absolute atomic E-state index is 0.0533. The van der Waals surface area contributed by atoms with Crippen molar-refractivity contribution in [3.8, 4) is 0 Å². The standard InChI is InChI=1S/C20H22N4O/c1-14-5-4-6-17-20(14)16(12-23(17)2)13-24(3)19(25)10-8-15-7-9-18(21)22-11-15/h4-12H,13H2,1-3H3,(H2,21,22). The molecule has 0 fully saturated rings. The Morgan fingerprint density at radius 3 is 2.84 bits per heavy atom. The van der Waals surface area contributed by atoms with Gasteiger partial charge in [0.05, 0.1) is 0 Å². The van der Waals surface area contributed by atoms with Crippen molar-refractivity contribution in [2.75, 3.05) is 12.8 Å². The van der Waals surface area contributed by atoms with Gasteiger partial charge in [-0.15, -0.1) is 0 Å². The summed E-state index contributed by atoms with van der Waals surface area (Å²) in [6.07, 6.45) is 7.05. The van der Waals surface area contributed by atoms with Gasteiger partial charge in [0.25, 0.3) is 0 Å². The number of carbonyl (C=O) groups excluding carboxylic acids is 1. The molecule has 2 N–H and O–H groups in total. The van der Waals surface area contributed by atoms with Crippen molar-refractivity contribution in [1.29, 1.82) is 0 Å². The van der Waals surface area contributed by atoms with Gasteiger partial charge in [-0.05, 0) is 47.9 Å². The van der Waals surface area contributed by atoms with Gasteiger partial charge in [0.1, 0.15) is 5.82 Å². The number of aromatic nitrogens is 2. The monoisotopic (exact) mass is 334 g/mol. The average molecular weight is 334 g/mol. The number of carbonyl (C=O) groups is 1. The summed E-state index contributed by atoms with van der Waals surface area (Å²) in [4.78, 5) is 18.1. The van der Waals surface area contributed by atoms with Crippen LogP contribution in [0.15, 0.2) is 48.8 Å². The number of nitrogen functional groups attached to an aromatic ring is 1. The highest BCUT2D eigenvalue weighted by Gasteiger charge is 2.12. The summed E-state index contributed by atoms with van der Waals surface area (Å²) in [5, 5.41) is 1.22. The highest BCUT2D eigenvalue weighted by Crippen LogP contribution is 2.25. The predicted molar refractivity (Wildman–Crippen MR) is 102 cm³/mol. The van der Waals surface area contributed by atoms with Gasteiger partial charge in [-0.1, -0.05) is 12.1 Å². The van der Waals surface area contributed by atoms with Crippen molar-refractivity contribution in [3.63, 3.8) is 0 Å². The number of pyridine rings is 1. The number of hydrogen-bond donors (Lipinski definition) is 1. The fourth-order valence-corrected chi connectivity index (χ4v) is 3.00. The summed E-state index contributed by atoms with van der Waals surface area (Å²) in [5.41, 5.74) is 9.96. The van der Waals surface area contributed by atoms with Gasteiger partial charge in [-0.25, -0.2) is 4.98 Å². The number of likely N-dealkylation sites (N-methyl/N-ethyl adjacent to an activating group) is 1. The van der Waals surface area contributed by atoms with Crippen LogP contribution < -0.4 is 5.73 Å². The third-order valence-electron chi connectivity index (χ3n) is 4.31. The van der Waals surface area contributed by atoms with Crippen LogP contribution in [0.3, 0.4) is 0 Å². The van der Waals surface area contributed by atoms with E-state index < -0.39 is 0 Å². The van der Waals surface area contributed by atoms with E-state index in [1.165, 1.54) is 16.5 Å². The minimum atomic E-state index is -0.0533. The molecule has 5 nitrogen and oxygen atoms in total. The van der Waals surface area contributed by atoms with Crippen molar-refractivity contribution in [2.24, 2.45) is 7.05 Å². The zero-order valence-electron chi connectivity index (χ0n) is 14.7. The van der Waals surface area contributed by atoms with Gasteiger partial charge >= 0.3 is 0 Å². The Hall–Kier alpha value is -3.08. The number of hydrogen-bond acceptors (Lipinski definition) is 3. The SMILES string of the molecule is Cc1cccc2c1c(CN(C)C(=O)C=Cc1ccc(N)nc1)cn2C. The fourth-order valence-electron chi connectivity index (χ4n) is 3.00. The largest absolute Gasteiger partial charge is 0.384 e. The van der Waals surface area contributed by atoms with E-state index in [9.17, 15) is 4.79 Å². The van der Waals surface area contributed by atoms with E-state index in [0.29, 0.717) is 12.4 Å². The van der Waals surface area contributed by atoms with E-state index in [0.717, 1.165) is 11.1 Å². The molecule has 1 amide bonds. The molecule has 25 heavy (non-hydrogen) atoms. The molecule has 0 bridgehead atoms. The average Bonchev–Trinajstić information content (AvgIpc) is 2.91. The normalized spacial score (nSPS) is 11.3. The zero-order chi connectivity index (χ0) is 18.0. The smallest absolute Gasteiger partial charge is 0.246 e. The number of amides is 1. The first-order valence-electron chi connectivity index (χ1n) is 8.14. The summed E-state index contributed by atoms with van der Waals surface area (Å²) in [7, 11) is 3.84. The summed E-state index contributed by atoms with van der Waals surface area (Å²) in [6.45, 7) is 2.66. The van der Waals surface area contributed by atoms with E-state index >= 15 is 0 Å². The lowest BCUT2D eigenvalue weighted by Crippen LogP contribution is -2.24. The molecule has 0 unspecified atom stereocenters. The van der Waals surface area contributed by atoms with Crippen molar-refractivity contribution in [2.45, 2.75) is 13.5 Å². The van der Waals surface area contributed by atoms with Crippen LogP contribution in [0.25, 0.3) is 17.0 Å². The summed E-state index contributed by atoms with van der Waals surface area (Å²) in [5.74, 6) is 0.411. The molecule has 0 aliphatic rings. The zero-order valence-corrected chi connectivity index (χ0v) is 14.7. The Kier molecular flexibility index (Phi) is 4.57. The van der Waals surface area contributed by atoms with Crippen LogP contribution in [0.1, 0.15) is 16.7 Å². The van der Waals surface area contributed by atoms with Crippen LogP contribution in [0, 0.1) is 6.92 Å². The number of nitrogens with zero attached hydrogens (tertiary/aromatic N) is 3. The van der Waals surface area contributed by atoms with Gasteiger partial charge in [0.15, 0.2) is 0 Å². The number of nitrogens with two attached hydrogens (primary N) is 1. The molecule has 0 saturated heterocycles. The molecule has 0 aliphatic heterocycles. The number of benzene rings is 1. The minimum Gasteiger partial charge on any atom is -0.384 e. The highest BCUT2D eigenvalue weighted by atomic mass is 16.2. The first-order chi connectivity index (χ1) is 12.0. The molecule has 5 heteroatoms. The lowest BCUT2D eigenvalue weighted by Gasteiger charge is -2.15. The lowest BCUT2D eigenvalue weighted by atomic mass is 10.1. The third-order valence-corrected chi connectivity index (χ3v) is 4.31. The van der Waals surface area contributed by atoms with Crippen LogP contribution in [-0.2, 0) is 18.4 Å². The molecule has 128 valence electrons. The molecule has 0 radical (unpaired) electrons. The van der Waals surface area contributed by atoms with Crippen LogP contribution in [0.5, 0.6) is 0 Å². The molecule has 0 aliphatic carbocycles. The van der Waals surface area contributed by atoms with Crippen molar-refractivity contribution in [1.82, 2.24) is 14.5 Å². The molecule has 0 saturated carbocycles. The van der Waals surface area contributed by atoms with Crippen molar-refractivity contribution >= 4 is 28.7 Å². The molecule has 0 spiro atoms. The Morgan fingerprint density at radius 1 is 1.32 bits per heavy atom. The van der Waals surface area contributed by atoms with E-state index in [1.807, 2.05) is 20.2 Å². The number of rotatable bonds is 4. The van der Waals surface area contributed by atoms with Crippen LogP contribution in [0.2, 0.25) is 0 Å². The molecule has 3 aromatic rings. The van der Waals surface area contributed by atoms with Gasteiger partial charge in [0.2, 0.25) is 5.91 Å². The quantitative estimate of drug-likeness (QED) is 0.746. The Balaban J connectivity index is 1.77. The number of aryl methyl sites for hydroxylation is 2. The second-order valence-corrected chi connectivity index (χ2v) is 6.28. The van der Waals surface area contributed by atoms with Gasteiger partial charge in [-0.2, -0.15) is 0 Å². The maximum Gasteiger partial charge on any atom is 0.246 e. The second kappa shape index (κ2) is 6.81. The summed E-state index contributed by atoms with van der Waals surface area (Å²) < 4.78 is 2.10. The lowest BCUT2D eigenvalue weighted by molar-refractivity contribution is -0.125. The van der Waals surface area contributed by atoms with Crippen molar-refractivity contribution in [3.05, 3.63) is 65.5 Å². The molecule has 1 aromatic carbocycles. The molecular weight excluding hydrogens is 312 g/mol. The van der Waals surface area contributed by atoms with Crippen LogP contribution >= 0.6 is 0 Å². The van der Waals surface area contributed by atoms with Gasteiger partial charge < -0.3 is 15.2 Å². The fraction of sp³-hybridized carbons (Fsp3) is 0.200. The topological polar surface area (TPSA) is 64.2 Å². The molecule has 3 rings (SSSR count). The third kappa shape index (κ3) is 3.55. The first-order valence-corrected chi connectivity index (χ1v) is 8.14. The Labute approximate surface area is 147 Å². The van der Waals surface area contributed by atoms with E-state index in [-0.39, 0.29) is 5.91 Å². The summed E-state index contributed by atoms with van der Waals surface area (Å²) >= 11 is 0. The molecule has 2 aromatic heterocycles. The van der Waals surface area contributed by atoms with E-state index in [2.05, 4.69) is 40.9 Å². The van der Waals surface area contributed by atoms with Gasteiger partial charge in [-0.3, -0.25) is 4.79 Å².